The standard InChI is InChI=1S/C16H26N2O2/c1-15(2,3)17-9-7-8-11-12(19)10-18(16(4,5)6)14(20)13(11)17/h7-10H2,1-6H3. The van der Waals surface area contributed by atoms with E-state index in [9.17, 15) is 9.59 Å². The van der Waals surface area contributed by atoms with Gasteiger partial charge in [0.05, 0.1) is 6.54 Å². The number of rotatable bonds is 0. The smallest absolute Gasteiger partial charge is 0.271 e. The normalized spacial score (nSPS) is 21.5. The largest absolute Gasteiger partial charge is 0.362 e. The minimum atomic E-state index is -0.327. The van der Waals surface area contributed by atoms with E-state index in [2.05, 4.69) is 25.7 Å². The van der Waals surface area contributed by atoms with Crippen LogP contribution in [-0.4, -0.2) is 45.7 Å². The van der Waals surface area contributed by atoms with Crippen LogP contribution in [-0.2, 0) is 9.59 Å². The maximum absolute atomic E-state index is 12.9. The van der Waals surface area contributed by atoms with Gasteiger partial charge in [-0.2, -0.15) is 0 Å². The minimum absolute atomic E-state index is 0.0155. The van der Waals surface area contributed by atoms with E-state index in [1.165, 1.54) is 0 Å². The third-order valence-corrected chi connectivity index (χ3v) is 4.07. The molecule has 0 aromatic carbocycles. The summed E-state index contributed by atoms with van der Waals surface area (Å²) in [6.45, 7) is 13.3. The van der Waals surface area contributed by atoms with Gasteiger partial charge in [0.25, 0.3) is 5.91 Å². The lowest BCUT2D eigenvalue weighted by molar-refractivity contribution is -0.140. The second kappa shape index (κ2) is 4.61. The van der Waals surface area contributed by atoms with E-state index < -0.39 is 0 Å². The molecule has 2 heterocycles. The third kappa shape index (κ3) is 2.48. The number of carbonyl (C=O) groups is 2. The van der Waals surface area contributed by atoms with Gasteiger partial charge in [-0.1, -0.05) is 0 Å². The molecule has 2 aliphatic rings. The predicted octanol–water partition coefficient (Wildman–Crippen LogP) is 2.34. The first-order chi connectivity index (χ1) is 9.03. The Kier molecular flexibility index (Phi) is 3.47. The van der Waals surface area contributed by atoms with Crippen LogP contribution in [0.5, 0.6) is 0 Å². The van der Waals surface area contributed by atoms with Crippen molar-refractivity contribution in [1.82, 2.24) is 9.80 Å². The zero-order valence-corrected chi connectivity index (χ0v) is 13.5. The highest BCUT2D eigenvalue weighted by molar-refractivity contribution is 6.11. The molecule has 2 rings (SSSR count). The van der Waals surface area contributed by atoms with E-state index in [1.54, 1.807) is 4.90 Å². The molecule has 0 fully saturated rings. The van der Waals surface area contributed by atoms with Crippen molar-refractivity contribution in [3.63, 3.8) is 0 Å². The van der Waals surface area contributed by atoms with E-state index in [0.29, 0.717) is 5.70 Å². The summed E-state index contributed by atoms with van der Waals surface area (Å²) in [6.07, 6.45) is 1.69. The molecule has 0 N–H and O–H groups in total. The second-order valence-electron chi connectivity index (χ2n) is 7.74. The fraction of sp³-hybridized carbons (Fsp3) is 0.750. The maximum Gasteiger partial charge on any atom is 0.271 e. The molecule has 0 spiro atoms. The van der Waals surface area contributed by atoms with E-state index in [-0.39, 0.29) is 29.3 Å². The van der Waals surface area contributed by atoms with Crippen molar-refractivity contribution in [3.8, 4) is 0 Å². The van der Waals surface area contributed by atoms with Crippen LogP contribution in [0.25, 0.3) is 0 Å². The zero-order valence-electron chi connectivity index (χ0n) is 13.5. The molecule has 2 aliphatic heterocycles. The van der Waals surface area contributed by atoms with Gasteiger partial charge in [-0.25, -0.2) is 0 Å². The lowest BCUT2D eigenvalue weighted by Gasteiger charge is -2.47. The van der Waals surface area contributed by atoms with Crippen molar-refractivity contribution in [3.05, 3.63) is 11.3 Å². The Morgan fingerprint density at radius 3 is 1.95 bits per heavy atom. The molecule has 0 aromatic heterocycles. The molecule has 1 amide bonds. The number of hydrogen-bond donors (Lipinski definition) is 0. The van der Waals surface area contributed by atoms with Gasteiger partial charge in [-0.3, -0.25) is 9.59 Å². The molecular weight excluding hydrogens is 252 g/mol. The molecule has 4 heteroatoms. The summed E-state index contributed by atoms with van der Waals surface area (Å²) >= 11 is 0. The van der Waals surface area contributed by atoms with Gasteiger partial charge in [-0.15, -0.1) is 0 Å². The number of ketones is 1. The van der Waals surface area contributed by atoms with Crippen LogP contribution in [0.1, 0.15) is 54.4 Å². The van der Waals surface area contributed by atoms with E-state index in [0.717, 1.165) is 25.0 Å². The number of carbonyl (C=O) groups excluding carboxylic acids is 2. The highest BCUT2D eigenvalue weighted by atomic mass is 16.2. The predicted molar refractivity (Wildman–Crippen MR) is 79.2 cm³/mol. The summed E-state index contributed by atoms with van der Waals surface area (Å²) in [6, 6.07) is 0. The van der Waals surface area contributed by atoms with Gasteiger partial charge in [0.2, 0.25) is 0 Å². The van der Waals surface area contributed by atoms with Crippen molar-refractivity contribution in [2.24, 2.45) is 0 Å². The van der Waals surface area contributed by atoms with Crippen molar-refractivity contribution >= 4 is 11.7 Å². The first-order valence-corrected chi connectivity index (χ1v) is 7.39. The lowest BCUT2D eigenvalue weighted by atomic mass is 9.88. The zero-order chi connectivity index (χ0) is 15.3. The van der Waals surface area contributed by atoms with Gasteiger partial charge in [0.15, 0.2) is 5.78 Å². The lowest BCUT2D eigenvalue weighted by Crippen LogP contribution is -2.57. The van der Waals surface area contributed by atoms with Gasteiger partial charge in [0, 0.05) is 23.2 Å². The van der Waals surface area contributed by atoms with Crippen LogP contribution in [0.15, 0.2) is 11.3 Å². The van der Waals surface area contributed by atoms with Crippen LogP contribution in [0.4, 0.5) is 0 Å². The third-order valence-electron chi connectivity index (χ3n) is 4.07. The van der Waals surface area contributed by atoms with Gasteiger partial charge >= 0.3 is 0 Å². The van der Waals surface area contributed by atoms with Crippen LogP contribution in [0.3, 0.4) is 0 Å². The quantitative estimate of drug-likeness (QED) is 0.683. The van der Waals surface area contributed by atoms with Gasteiger partial charge in [0.1, 0.15) is 5.70 Å². The van der Waals surface area contributed by atoms with Crippen LogP contribution in [0, 0.1) is 0 Å². The first-order valence-electron chi connectivity index (χ1n) is 7.39. The average Bonchev–Trinajstić information content (AvgIpc) is 2.30. The number of Topliss-reactive ketones (excluding diaryl/α,β-unsaturated/α-hetero) is 1. The molecule has 0 aliphatic carbocycles. The van der Waals surface area contributed by atoms with Crippen LogP contribution < -0.4 is 0 Å². The SMILES string of the molecule is CC(C)(C)N1CC(=O)C2=C(C1=O)N(C(C)(C)C)CCC2. The molecule has 4 nitrogen and oxygen atoms in total. The van der Waals surface area contributed by atoms with E-state index >= 15 is 0 Å². The van der Waals surface area contributed by atoms with Gasteiger partial charge < -0.3 is 9.80 Å². The fourth-order valence-corrected chi connectivity index (χ4v) is 2.97. The molecule has 0 radical (unpaired) electrons. The number of nitrogens with zero attached hydrogens (tertiary/aromatic N) is 2. The Morgan fingerprint density at radius 2 is 1.45 bits per heavy atom. The van der Waals surface area contributed by atoms with Crippen molar-refractivity contribution < 1.29 is 9.59 Å². The fourth-order valence-electron chi connectivity index (χ4n) is 2.97. The molecular formula is C16H26N2O2. The molecule has 112 valence electrons. The highest BCUT2D eigenvalue weighted by Gasteiger charge is 2.43. The molecule has 0 atom stereocenters. The summed E-state index contributed by atoms with van der Waals surface area (Å²) in [7, 11) is 0. The molecule has 0 saturated carbocycles. The van der Waals surface area contributed by atoms with Crippen molar-refractivity contribution in [2.45, 2.75) is 65.5 Å². The molecule has 0 unspecified atom stereocenters. The molecule has 0 saturated heterocycles. The number of hydrogen-bond acceptors (Lipinski definition) is 3. The Labute approximate surface area is 121 Å². The van der Waals surface area contributed by atoms with Crippen LogP contribution >= 0.6 is 0 Å². The maximum atomic E-state index is 12.9. The van der Waals surface area contributed by atoms with E-state index in [4.69, 9.17) is 0 Å². The van der Waals surface area contributed by atoms with Crippen molar-refractivity contribution in [1.29, 1.82) is 0 Å². The Morgan fingerprint density at radius 1 is 0.900 bits per heavy atom. The topological polar surface area (TPSA) is 40.6 Å². The monoisotopic (exact) mass is 278 g/mol. The summed E-state index contributed by atoms with van der Waals surface area (Å²) in [4.78, 5) is 29.1. The average molecular weight is 278 g/mol. The first kappa shape index (κ1) is 15.1. The van der Waals surface area contributed by atoms with E-state index in [1.807, 2.05) is 20.8 Å². The highest BCUT2D eigenvalue weighted by Crippen LogP contribution is 2.35. The Bertz CT molecular complexity index is 478. The van der Waals surface area contributed by atoms with Crippen LogP contribution in [0.2, 0.25) is 0 Å². The Balaban J connectivity index is 2.51. The van der Waals surface area contributed by atoms with Gasteiger partial charge in [-0.05, 0) is 54.4 Å². The van der Waals surface area contributed by atoms with Crippen molar-refractivity contribution in [2.75, 3.05) is 13.1 Å². The summed E-state index contributed by atoms with van der Waals surface area (Å²) in [5, 5.41) is 0. The number of amides is 1. The molecule has 0 bridgehead atoms. The molecule has 0 aromatic rings. The Hall–Kier alpha value is -1.32. The second-order valence-corrected chi connectivity index (χ2v) is 7.74. The summed E-state index contributed by atoms with van der Waals surface area (Å²) in [5.74, 6) is 0.130. The molecule has 20 heavy (non-hydrogen) atoms. The minimum Gasteiger partial charge on any atom is -0.362 e. The summed E-state index contributed by atoms with van der Waals surface area (Å²) in [5.41, 5.74) is 0.927. The summed E-state index contributed by atoms with van der Waals surface area (Å²) < 4.78 is 0.